The third-order valence-electron chi connectivity index (χ3n) is 5.18. The first-order valence-corrected chi connectivity index (χ1v) is 9.80. The van der Waals surface area contributed by atoms with E-state index < -0.39 is 6.10 Å². The van der Waals surface area contributed by atoms with E-state index in [9.17, 15) is 9.18 Å². The van der Waals surface area contributed by atoms with Crippen molar-refractivity contribution in [3.8, 4) is 0 Å². The molecule has 2 heterocycles. The quantitative estimate of drug-likeness (QED) is 0.763. The maximum absolute atomic E-state index is 14.6. The average Bonchev–Trinajstić information content (AvgIpc) is 3.13. The first-order chi connectivity index (χ1) is 13.0. The van der Waals surface area contributed by atoms with E-state index in [2.05, 4.69) is 10.2 Å². The van der Waals surface area contributed by atoms with Crippen molar-refractivity contribution in [2.24, 2.45) is 5.73 Å². The number of hydrogen-bond acceptors (Lipinski definition) is 5. The fourth-order valence-electron chi connectivity index (χ4n) is 3.75. The van der Waals surface area contributed by atoms with Crippen LogP contribution in [-0.2, 0) is 14.3 Å². The number of nitrogens with two attached hydrogens (primary N) is 1. The number of amides is 1. The Balaban J connectivity index is 1.73. The minimum atomic E-state index is -0.501. The Labute approximate surface area is 164 Å². The Hall–Kier alpha value is -1.25. The van der Waals surface area contributed by atoms with Crippen molar-refractivity contribution in [1.29, 1.82) is 0 Å². The lowest BCUT2D eigenvalue weighted by Crippen LogP contribution is -2.48. The second kappa shape index (κ2) is 9.30. The van der Waals surface area contributed by atoms with Crippen LogP contribution in [0.1, 0.15) is 31.4 Å². The van der Waals surface area contributed by atoms with Gasteiger partial charge in [0.2, 0.25) is 5.91 Å². The summed E-state index contributed by atoms with van der Waals surface area (Å²) in [6.07, 6.45) is 0.883. The van der Waals surface area contributed by atoms with Gasteiger partial charge in [-0.2, -0.15) is 0 Å². The summed E-state index contributed by atoms with van der Waals surface area (Å²) in [6.45, 7) is 4.47. The first kappa shape index (κ1) is 20.5. The molecule has 0 radical (unpaired) electrons. The molecule has 0 bridgehead atoms. The summed E-state index contributed by atoms with van der Waals surface area (Å²) in [5, 5.41) is 3.28. The number of halogens is 2. The number of ether oxygens (including phenoxy) is 2. The van der Waals surface area contributed by atoms with E-state index in [4.69, 9.17) is 26.8 Å². The lowest BCUT2D eigenvalue weighted by molar-refractivity contribution is -0.132. The molecule has 1 aromatic rings. The van der Waals surface area contributed by atoms with E-state index in [1.54, 1.807) is 12.1 Å². The predicted molar refractivity (Wildman–Crippen MR) is 101 cm³/mol. The highest BCUT2D eigenvalue weighted by atomic mass is 35.5. The largest absolute Gasteiger partial charge is 0.376 e. The van der Waals surface area contributed by atoms with Gasteiger partial charge in [0.1, 0.15) is 11.9 Å². The molecule has 2 aliphatic rings. The van der Waals surface area contributed by atoms with Crippen LogP contribution >= 0.6 is 11.6 Å². The van der Waals surface area contributed by atoms with Crippen LogP contribution in [0, 0.1) is 5.82 Å². The molecule has 0 aliphatic carbocycles. The first-order valence-electron chi connectivity index (χ1n) is 9.42. The molecule has 0 spiro atoms. The van der Waals surface area contributed by atoms with Gasteiger partial charge in [0.15, 0.2) is 0 Å². The van der Waals surface area contributed by atoms with Gasteiger partial charge in [0, 0.05) is 36.8 Å². The standard InChI is InChI=1S/C19H27ClFN3O3/c1-12-11-24(7-8-26-12)16(18-14(20)3-2-4-15(18)21)10-23-19(25)17-6-5-13(9-22)27-17/h2-4,12-13,16-17H,5-11,22H2,1H3,(H,23,25)/t12?,13-,16?,17+/m1/s1. The zero-order chi connectivity index (χ0) is 19.4. The third kappa shape index (κ3) is 4.97. The van der Waals surface area contributed by atoms with Crippen LogP contribution in [0.2, 0.25) is 5.02 Å². The highest BCUT2D eigenvalue weighted by Gasteiger charge is 2.33. The summed E-state index contributed by atoms with van der Waals surface area (Å²) < 4.78 is 25.8. The van der Waals surface area contributed by atoms with Crippen molar-refractivity contribution in [3.63, 3.8) is 0 Å². The zero-order valence-corrected chi connectivity index (χ0v) is 16.3. The molecule has 2 aliphatic heterocycles. The molecule has 0 saturated carbocycles. The number of rotatable bonds is 6. The number of carbonyl (C=O) groups excluding carboxylic acids is 1. The van der Waals surface area contributed by atoms with Crippen LogP contribution in [0.5, 0.6) is 0 Å². The van der Waals surface area contributed by atoms with E-state index in [0.29, 0.717) is 43.2 Å². The number of nitrogens with zero attached hydrogens (tertiary/aromatic N) is 1. The van der Waals surface area contributed by atoms with Crippen molar-refractivity contribution in [1.82, 2.24) is 10.2 Å². The lowest BCUT2D eigenvalue weighted by Gasteiger charge is -2.38. The molecule has 2 unspecified atom stereocenters. The molecule has 3 N–H and O–H groups in total. The van der Waals surface area contributed by atoms with Crippen LogP contribution in [0.3, 0.4) is 0 Å². The minimum absolute atomic E-state index is 0.0333. The van der Waals surface area contributed by atoms with Gasteiger partial charge < -0.3 is 20.5 Å². The molecule has 0 aromatic heterocycles. The second-order valence-corrected chi connectivity index (χ2v) is 7.54. The van der Waals surface area contributed by atoms with E-state index in [-0.39, 0.29) is 36.5 Å². The molecule has 2 saturated heterocycles. The Morgan fingerprint density at radius 1 is 1.48 bits per heavy atom. The number of benzene rings is 1. The van der Waals surface area contributed by atoms with Crippen LogP contribution in [-0.4, -0.2) is 61.9 Å². The topological polar surface area (TPSA) is 76.8 Å². The summed E-state index contributed by atoms with van der Waals surface area (Å²) in [4.78, 5) is 14.6. The minimum Gasteiger partial charge on any atom is -0.376 e. The predicted octanol–water partition coefficient (Wildman–Crippen LogP) is 1.86. The van der Waals surface area contributed by atoms with Gasteiger partial charge in [0.05, 0.1) is 24.9 Å². The van der Waals surface area contributed by atoms with Crippen LogP contribution in [0.25, 0.3) is 0 Å². The van der Waals surface area contributed by atoms with Crippen molar-refractivity contribution in [2.75, 3.05) is 32.8 Å². The molecule has 1 aromatic carbocycles. The molecule has 4 atom stereocenters. The number of morpholine rings is 1. The fraction of sp³-hybridized carbons (Fsp3) is 0.632. The summed E-state index contributed by atoms with van der Waals surface area (Å²) in [7, 11) is 0. The normalized spacial score (nSPS) is 27.5. The highest BCUT2D eigenvalue weighted by Crippen LogP contribution is 2.31. The molecule has 8 heteroatoms. The molecular weight excluding hydrogens is 373 g/mol. The van der Waals surface area contributed by atoms with Gasteiger partial charge in [-0.25, -0.2) is 4.39 Å². The highest BCUT2D eigenvalue weighted by molar-refractivity contribution is 6.31. The van der Waals surface area contributed by atoms with E-state index in [1.807, 2.05) is 6.92 Å². The number of nitrogens with one attached hydrogen (secondary N) is 1. The van der Waals surface area contributed by atoms with Gasteiger partial charge in [-0.1, -0.05) is 17.7 Å². The van der Waals surface area contributed by atoms with Crippen molar-refractivity contribution in [3.05, 3.63) is 34.6 Å². The molecule has 3 rings (SSSR count). The van der Waals surface area contributed by atoms with Crippen LogP contribution in [0.15, 0.2) is 18.2 Å². The van der Waals surface area contributed by atoms with Gasteiger partial charge in [0.25, 0.3) is 0 Å². The molecule has 6 nitrogen and oxygen atoms in total. The number of carbonyl (C=O) groups is 1. The molecule has 27 heavy (non-hydrogen) atoms. The molecule has 2 fully saturated rings. The van der Waals surface area contributed by atoms with Gasteiger partial charge in [-0.05, 0) is 31.9 Å². The maximum atomic E-state index is 14.6. The molecule has 150 valence electrons. The summed E-state index contributed by atoms with van der Waals surface area (Å²) in [5.41, 5.74) is 6.01. The van der Waals surface area contributed by atoms with Crippen LogP contribution in [0.4, 0.5) is 4.39 Å². The maximum Gasteiger partial charge on any atom is 0.249 e. The van der Waals surface area contributed by atoms with E-state index in [1.165, 1.54) is 6.07 Å². The Morgan fingerprint density at radius 3 is 2.96 bits per heavy atom. The van der Waals surface area contributed by atoms with Gasteiger partial charge in [-0.15, -0.1) is 0 Å². The number of hydrogen-bond donors (Lipinski definition) is 2. The zero-order valence-electron chi connectivity index (χ0n) is 15.5. The molecular formula is C19H27ClFN3O3. The smallest absolute Gasteiger partial charge is 0.249 e. The summed E-state index contributed by atoms with van der Waals surface area (Å²) >= 11 is 6.31. The summed E-state index contributed by atoms with van der Waals surface area (Å²) in [5.74, 6) is -0.564. The monoisotopic (exact) mass is 399 g/mol. The Morgan fingerprint density at radius 2 is 2.30 bits per heavy atom. The fourth-order valence-corrected chi connectivity index (χ4v) is 4.04. The molecule has 1 amide bonds. The Bertz CT molecular complexity index is 643. The second-order valence-electron chi connectivity index (χ2n) is 7.13. The third-order valence-corrected chi connectivity index (χ3v) is 5.51. The van der Waals surface area contributed by atoms with Crippen molar-refractivity contribution >= 4 is 17.5 Å². The van der Waals surface area contributed by atoms with Gasteiger partial charge >= 0.3 is 0 Å². The lowest BCUT2D eigenvalue weighted by atomic mass is 10.0. The summed E-state index contributed by atoms with van der Waals surface area (Å²) in [6, 6.07) is 4.27. The van der Waals surface area contributed by atoms with Crippen LogP contribution < -0.4 is 11.1 Å². The van der Waals surface area contributed by atoms with E-state index >= 15 is 0 Å². The average molecular weight is 400 g/mol. The van der Waals surface area contributed by atoms with Gasteiger partial charge in [-0.3, -0.25) is 9.69 Å². The Kier molecular flexibility index (Phi) is 7.05. The van der Waals surface area contributed by atoms with Crippen molar-refractivity contribution in [2.45, 2.75) is 44.1 Å². The van der Waals surface area contributed by atoms with E-state index in [0.717, 1.165) is 6.42 Å². The van der Waals surface area contributed by atoms with Crippen molar-refractivity contribution < 1.29 is 18.7 Å². The SMILES string of the molecule is CC1CN(C(CNC(=O)[C@@H]2CC[C@H](CN)O2)c2c(F)cccc2Cl)CCO1.